The van der Waals surface area contributed by atoms with Crippen molar-refractivity contribution in [2.45, 2.75) is 19.4 Å². The van der Waals surface area contributed by atoms with E-state index in [0.29, 0.717) is 5.41 Å². The van der Waals surface area contributed by atoms with Crippen LogP contribution in [0.4, 0.5) is 5.69 Å². The summed E-state index contributed by atoms with van der Waals surface area (Å²) in [4.78, 5) is 2.49. The average molecular weight is 246 g/mol. The molecule has 0 aromatic heterocycles. The zero-order valence-electron chi connectivity index (χ0n) is 11.1. The molecule has 1 aromatic rings. The summed E-state index contributed by atoms with van der Waals surface area (Å²) in [5, 5.41) is 3.18. The number of nitrogens with zero attached hydrogens (tertiary/aromatic N) is 1. The summed E-state index contributed by atoms with van der Waals surface area (Å²) in [7, 11) is 1.98. The summed E-state index contributed by atoms with van der Waals surface area (Å²) >= 11 is 0. The second kappa shape index (κ2) is 4.90. The molecule has 2 aliphatic heterocycles. The number of benzene rings is 1. The zero-order chi connectivity index (χ0) is 12.4. The zero-order valence-corrected chi connectivity index (χ0v) is 11.1. The molecule has 98 valence electrons. The number of rotatable bonds is 3. The summed E-state index contributed by atoms with van der Waals surface area (Å²) in [6.07, 6.45) is 2.47. The topological polar surface area (TPSA) is 24.5 Å². The van der Waals surface area contributed by atoms with Crippen LogP contribution in [0, 0.1) is 5.41 Å². The fourth-order valence-electron chi connectivity index (χ4n) is 3.10. The predicted octanol–water partition coefficient (Wildman–Crippen LogP) is 2.02. The van der Waals surface area contributed by atoms with Crippen LogP contribution in [-0.4, -0.2) is 33.4 Å². The molecule has 1 spiro atoms. The minimum absolute atomic E-state index is 0.557. The Bertz CT molecular complexity index is 387. The van der Waals surface area contributed by atoms with Gasteiger partial charge in [-0.25, -0.2) is 0 Å². The normalized spacial score (nSPS) is 21.9. The van der Waals surface area contributed by atoms with E-state index >= 15 is 0 Å². The van der Waals surface area contributed by atoms with Crippen molar-refractivity contribution in [3.63, 3.8) is 0 Å². The molecule has 0 radical (unpaired) electrons. The molecule has 1 N–H and O–H groups in total. The van der Waals surface area contributed by atoms with Crippen LogP contribution in [0.15, 0.2) is 24.3 Å². The van der Waals surface area contributed by atoms with Crippen molar-refractivity contribution in [3.8, 4) is 0 Å². The Hall–Kier alpha value is -1.06. The number of hydrogen-bond donors (Lipinski definition) is 1. The average Bonchev–Trinajstić information content (AvgIpc) is 2.38. The second-order valence-electron chi connectivity index (χ2n) is 5.67. The lowest BCUT2D eigenvalue weighted by Crippen LogP contribution is -2.58. The minimum atomic E-state index is 0.557. The number of hydrogen-bond acceptors (Lipinski definition) is 3. The van der Waals surface area contributed by atoms with Gasteiger partial charge in [-0.2, -0.15) is 0 Å². The highest BCUT2D eigenvalue weighted by atomic mass is 16.5. The Balaban J connectivity index is 1.60. The molecule has 3 nitrogen and oxygen atoms in total. The minimum Gasteiger partial charge on any atom is -0.381 e. The number of nitrogens with one attached hydrogen (secondary N) is 1. The fraction of sp³-hybridized carbons (Fsp3) is 0.600. The molecule has 2 fully saturated rings. The Morgan fingerprint density at radius 2 is 1.83 bits per heavy atom. The van der Waals surface area contributed by atoms with Crippen molar-refractivity contribution >= 4 is 5.69 Å². The largest absolute Gasteiger partial charge is 0.381 e. The summed E-state index contributed by atoms with van der Waals surface area (Å²) < 4.78 is 5.46. The van der Waals surface area contributed by atoms with Gasteiger partial charge in [0.15, 0.2) is 0 Å². The molecule has 18 heavy (non-hydrogen) atoms. The first-order valence-corrected chi connectivity index (χ1v) is 6.88. The summed E-state index contributed by atoms with van der Waals surface area (Å²) in [6.45, 7) is 5.27. The van der Waals surface area contributed by atoms with Crippen molar-refractivity contribution in [1.29, 1.82) is 0 Å². The van der Waals surface area contributed by atoms with E-state index in [-0.39, 0.29) is 0 Å². The molecule has 2 saturated heterocycles. The Kier molecular flexibility index (Phi) is 3.27. The van der Waals surface area contributed by atoms with Gasteiger partial charge in [0.05, 0.1) is 0 Å². The van der Waals surface area contributed by atoms with Crippen molar-refractivity contribution in [1.82, 2.24) is 5.32 Å². The van der Waals surface area contributed by atoms with E-state index in [1.54, 1.807) is 0 Å². The van der Waals surface area contributed by atoms with Crippen LogP contribution in [-0.2, 0) is 11.3 Å². The van der Waals surface area contributed by atoms with Gasteiger partial charge in [-0.15, -0.1) is 0 Å². The fourth-order valence-corrected chi connectivity index (χ4v) is 3.10. The van der Waals surface area contributed by atoms with Gasteiger partial charge in [-0.3, -0.25) is 0 Å². The standard InChI is InChI=1S/C15H22N2O/c1-16-10-13-2-4-14(5-3-13)17-11-15(12-17)6-8-18-9-7-15/h2-5,16H,6-12H2,1H3. The van der Waals surface area contributed by atoms with Gasteiger partial charge in [0, 0.05) is 44.0 Å². The van der Waals surface area contributed by atoms with Crippen LogP contribution in [0.3, 0.4) is 0 Å². The summed E-state index contributed by atoms with van der Waals surface area (Å²) in [6, 6.07) is 8.94. The third kappa shape index (κ3) is 2.25. The molecular formula is C15H22N2O. The van der Waals surface area contributed by atoms with E-state index < -0.39 is 0 Å². The molecule has 0 unspecified atom stereocenters. The molecule has 2 heterocycles. The molecule has 0 atom stereocenters. The van der Waals surface area contributed by atoms with E-state index in [1.807, 2.05) is 7.05 Å². The van der Waals surface area contributed by atoms with Crippen LogP contribution in [0.1, 0.15) is 18.4 Å². The lowest BCUT2D eigenvalue weighted by Gasteiger charge is -2.53. The monoisotopic (exact) mass is 246 g/mol. The number of ether oxygens (including phenoxy) is 1. The lowest BCUT2D eigenvalue weighted by molar-refractivity contribution is -0.000191. The van der Waals surface area contributed by atoms with Crippen LogP contribution in [0.5, 0.6) is 0 Å². The van der Waals surface area contributed by atoms with E-state index in [0.717, 1.165) is 19.8 Å². The van der Waals surface area contributed by atoms with E-state index in [9.17, 15) is 0 Å². The van der Waals surface area contributed by atoms with Gasteiger partial charge in [-0.05, 0) is 37.6 Å². The van der Waals surface area contributed by atoms with E-state index in [1.165, 1.54) is 37.2 Å². The molecule has 0 saturated carbocycles. The van der Waals surface area contributed by atoms with Crippen LogP contribution >= 0.6 is 0 Å². The maximum atomic E-state index is 5.46. The first-order chi connectivity index (χ1) is 8.81. The smallest absolute Gasteiger partial charge is 0.0472 e. The van der Waals surface area contributed by atoms with E-state index in [4.69, 9.17) is 4.74 Å². The Morgan fingerprint density at radius 3 is 2.44 bits per heavy atom. The van der Waals surface area contributed by atoms with Crippen molar-refractivity contribution in [2.75, 3.05) is 38.3 Å². The van der Waals surface area contributed by atoms with Gasteiger partial charge in [0.2, 0.25) is 0 Å². The highest BCUT2D eigenvalue weighted by Gasteiger charge is 2.43. The molecule has 0 aliphatic carbocycles. The molecule has 2 aliphatic rings. The molecule has 1 aromatic carbocycles. The van der Waals surface area contributed by atoms with Gasteiger partial charge in [0.25, 0.3) is 0 Å². The second-order valence-corrected chi connectivity index (χ2v) is 5.67. The Labute approximate surface area is 109 Å². The predicted molar refractivity (Wildman–Crippen MR) is 73.9 cm³/mol. The third-order valence-electron chi connectivity index (χ3n) is 4.29. The summed E-state index contributed by atoms with van der Waals surface area (Å²) in [5.74, 6) is 0. The van der Waals surface area contributed by atoms with Crippen LogP contribution < -0.4 is 10.2 Å². The maximum Gasteiger partial charge on any atom is 0.0472 e. The lowest BCUT2D eigenvalue weighted by atomic mass is 9.73. The first-order valence-electron chi connectivity index (χ1n) is 6.88. The molecule has 0 bridgehead atoms. The highest BCUT2D eigenvalue weighted by molar-refractivity contribution is 5.51. The van der Waals surface area contributed by atoms with Gasteiger partial charge in [-0.1, -0.05) is 12.1 Å². The van der Waals surface area contributed by atoms with Crippen LogP contribution in [0.25, 0.3) is 0 Å². The van der Waals surface area contributed by atoms with Crippen LogP contribution in [0.2, 0.25) is 0 Å². The van der Waals surface area contributed by atoms with Crippen molar-refractivity contribution in [2.24, 2.45) is 5.41 Å². The quantitative estimate of drug-likeness (QED) is 0.883. The van der Waals surface area contributed by atoms with Crippen molar-refractivity contribution < 1.29 is 4.74 Å². The highest BCUT2D eigenvalue weighted by Crippen LogP contribution is 2.41. The maximum absolute atomic E-state index is 5.46. The van der Waals surface area contributed by atoms with E-state index in [2.05, 4.69) is 34.5 Å². The van der Waals surface area contributed by atoms with Gasteiger partial charge >= 0.3 is 0 Å². The summed E-state index contributed by atoms with van der Waals surface area (Å²) in [5.41, 5.74) is 3.27. The molecule has 0 amide bonds. The third-order valence-corrected chi connectivity index (χ3v) is 4.29. The SMILES string of the molecule is CNCc1ccc(N2CC3(CCOCC3)C2)cc1. The molecule has 3 rings (SSSR count). The Morgan fingerprint density at radius 1 is 1.17 bits per heavy atom. The number of anilines is 1. The molecule has 3 heteroatoms. The van der Waals surface area contributed by atoms with Gasteiger partial charge in [0.1, 0.15) is 0 Å². The van der Waals surface area contributed by atoms with Crippen molar-refractivity contribution in [3.05, 3.63) is 29.8 Å². The van der Waals surface area contributed by atoms with Gasteiger partial charge < -0.3 is 15.0 Å². The first kappa shape index (κ1) is 12.0. The molecular weight excluding hydrogens is 224 g/mol.